The molecule has 0 aromatic heterocycles. The molecule has 2 nitrogen and oxygen atoms in total. The lowest BCUT2D eigenvalue weighted by Gasteiger charge is -2.12. The summed E-state index contributed by atoms with van der Waals surface area (Å²) in [4.78, 5) is 0.556. The summed E-state index contributed by atoms with van der Waals surface area (Å²) in [6.45, 7) is 1.14. The molecule has 2 rings (SSSR count). The van der Waals surface area contributed by atoms with Crippen molar-refractivity contribution in [2.24, 2.45) is 0 Å². The zero-order chi connectivity index (χ0) is 15.1. The fourth-order valence-corrected chi connectivity index (χ4v) is 2.62. The maximum Gasteiger partial charge on any atom is 0.288 e. The van der Waals surface area contributed by atoms with Crippen LogP contribution in [-0.4, -0.2) is 12.9 Å². The second-order valence-electron chi connectivity index (χ2n) is 4.48. The second-order valence-corrected chi connectivity index (χ2v) is 5.51. The van der Waals surface area contributed by atoms with Crippen LogP contribution < -0.4 is 5.32 Å². The molecular formula is C16H17F2NOS. The predicted octanol–water partition coefficient (Wildman–Crippen LogP) is 4.76. The van der Waals surface area contributed by atoms with E-state index in [1.165, 1.54) is 0 Å². The molecule has 0 aliphatic rings. The topological polar surface area (TPSA) is 21.3 Å². The molecule has 0 unspecified atom stereocenters. The summed E-state index contributed by atoms with van der Waals surface area (Å²) in [5.74, 6) is -2.42. The van der Waals surface area contributed by atoms with E-state index in [4.69, 9.17) is 4.74 Å². The number of hydrogen-bond donors (Lipinski definition) is 1. The lowest BCUT2D eigenvalue weighted by molar-refractivity contribution is 0.185. The van der Waals surface area contributed by atoms with Crippen LogP contribution in [-0.2, 0) is 17.9 Å². The molecule has 1 N–H and O–H groups in total. The number of hydrogen-bond acceptors (Lipinski definition) is 3. The predicted molar refractivity (Wildman–Crippen MR) is 82.8 cm³/mol. The van der Waals surface area contributed by atoms with Gasteiger partial charge in [0.2, 0.25) is 0 Å². The number of ether oxygens (including phenoxy) is 1. The molecule has 0 amide bonds. The van der Waals surface area contributed by atoms with Gasteiger partial charge in [0.05, 0.1) is 6.61 Å². The van der Waals surface area contributed by atoms with E-state index < -0.39 is 5.76 Å². The van der Waals surface area contributed by atoms with Gasteiger partial charge in [0.15, 0.2) is 0 Å². The van der Waals surface area contributed by atoms with E-state index in [0.717, 1.165) is 16.8 Å². The molecule has 0 saturated carbocycles. The number of methoxy groups -OCH3 is 1. The maximum atomic E-state index is 12.5. The highest BCUT2D eigenvalue weighted by atomic mass is 32.2. The van der Waals surface area contributed by atoms with Gasteiger partial charge < -0.3 is 10.1 Å². The van der Waals surface area contributed by atoms with Gasteiger partial charge in [0.25, 0.3) is 5.76 Å². The number of nitrogens with one attached hydrogen (secondary N) is 1. The Hall–Kier alpha value is -1.59. The van der Waals surface area contributed by atoms with E-state index in [0.29, 0.717) is 29.8 Å². The van der Waals surface area contributed by atoms with E-state index in [1.54, 1.807) is 19.2 Å². The first-order valence-corrected chi connectivity index (χ1v) is 7.41. The van der Waals surface area contributed by atoms with Crippen molar-refractivity contribution in [3.8, 4) is 0 Å². The van der Waals surface area contributed by atoms with Crippen molar-refractivity contribution in [2.45, 2.75) is 23.8 Å². The Kier molecular flexibility index (Phi) is 6.02. The van der Waals surface area contributed by atoms with Crippen molar-refractivity contribution in [1.29, 1.82) is 0 Å². The lowest BCUT2D eigenvalue weighted by atomic mass is 10.1. The third kappa shape index (κ3) is 5.02. The number of benzene rings is 2. The van der Waals surface area contributed by atoms with Gasteiger partial charge in [-0.15, -0.1) is 0 Å². The minimum Gasteiger partial charge on any atom is -0.380 e. The van der Waals surface area contributed by atoms with E-state index in [2.05, 4.69) is 5.32 Å². The molecule has 5 heteroatoms. The van der Waals surface area contributed by atoms with Gasteiger partial charge in [-0.2, -0.15) is 8.78 Å². The van der Waals surface area contributed by atoms with Crippen LogP contribution in [0.3, 0.4) is 0 Å². The number of anilines is 1. The Labute approximate surface area is 127 Å². The minimum absolute atomic E-state index is 0.556. The highest BCUT2D eigenvalue weighted by Gasteiger charge is 2.09. The molecule has 112 valence electrons. The van der Waals surface area contributed by atoms with Crippen LogP contribution in [0.2, 0.25) is 0 Å². The van der Waals surface area contributed by atoms with Crippen molar-refractivity contribution in [3.63, 3.8) is 0 Å². The molecular weight excluding hydrogens is 292 g/mol. The van der Waals surface area contributed by atoms with Gasteiger partial charge in [0, 0.05) is 24.2 Å². The van der Waals surface area contributed by atoms with Crippen LogP contribution in [0.15, 0.2) is 53.4 Å². The van der Waals surface area contributed by atoms with Crippen LogP contribution in [0.25, 0.3) is 0 Å². The summed E-state index contributed by atoms with van der Waals surface area (Å²) < 4.78 is 30.1. The molecule has 0 radical (unpaired) electrons. The van der Waals surface area contributed by atoms with Gasteiger partial charge in [0.1, 0.15) is 0 Å². The summed E-state index contributed by atoms with van der Waals surface area (Å²) in [6.07, 6.45) is 0. The molecule has 0 atom stereocenters. The molecule has 0 fully saturated rings. The Morgan fingerprint density at radius 3 is 2.62 bits per heavy atom. The standard InChI is InChI=1S/C16H17F2NOS/c1-20-11-13-6-4-5-12(9-13)10-19-14-7-2-3-8-15(14)21-16(17)18/h2-9,16,19H,10-11H2,1H3. The normalized spacial score (nSPS) is 10.9. The number of para-hydroxylation sites is 1. The number of alkyl halides is 2. The van der Waals surface area contributed by atoms with Crippen LogP contribution in [0.5, 0.6) is 0 Å². The highest BCUT2D eigenvalue weighted by Crippen LogP contribution is 2.31. The summed E-state index contributed by atoms with van der Waals surface area (Å²) in [5.41, 5.74) is 2.90. The average molecular weight is 309 g/mol. The third-order valence-electron chi connectivity index (χ3n) is 2.89. The van der Waals surface area contributed by atoms with Gasteiger partial charge in [-0.1, -0.05) is 48.2 Å². The summed E-state index contributed by atoms with van der Waals surface area (Å²) >= 11 is 0.556. The maximum absolute atomic E-state index is 12.5. The van der Waals surface area contributed by atoms with Crippen molar-refractivity contribution in [3.05, 3.63) is 59.7 Å². The third-order valence-corrected chi connectivity index (χ3v) is 3.68. The average Bonchev–Trinajstić information content (AvgIpc) is 2.47. The Balaban J connectivity index is 2.04. The zero-order valence-corrected chi connectivity index (χ0v) is 12.5. The minimum atomic E-state index is -2.42. The molecule has 0 saturated heterocycles. The number of thioether (sulfide) groups is 1. The molecule has 0 bridgehead atoms. The van der Waals surface area contributed by atoms with Crippen LogP contribution >= 0.6 is 11.8 Å². The van der Waals surface area contributed by atoms with Crippen LogP contribution in [0.4, 0.5) is 14.5 Å². The number of halogens is 2. The van der Waals surface area contributed by atoms with E-state index in [-0.39, 0.29) is 0 Å². The van der Waals surface area contributed by atoms with Gasteiger partial charge >= 0.3 is 0 Å². The van der Waals surface area contributed by atoms with Gasteiger partial charge in [-0.25, -0.2) is 0 Å². The fraction of sp³-hybridized carbons (Fsp3) is 0.250. The van der Waals surface area contributed by atoms with E-state index in [1.807, 2.05) is 36.4 Å². The van der Waals surface area contributed by atoms with Crippen LogP contribution in [0, 0.1) is 0 Å². The number of rotatable bonds is 7. The fourth-order valence-electron chi connectivity index (χ4n) is 2.00. The van der Waals surface area contributed by atoms with Crippen molar-refractivity contribution >= 4 is 17.4 Å². The molecule has 0 heterocycles. The Morgan fingerprint density at radius 1 is 1.10 bits per heavy atom. The van der Waals surface area contributed by atoms with Gasteiger partial charge in [-0.05, 0) is 23.3 Å². The summed E-state index contributed by atoms with van der Waals surface area (Å²) in [5, 5.41) is 3.21. The summed E-state index contributed by atoms with van der Waals surface area (Å²) in [7, 11) is 1.66. The lowest BCUT2D eigenvalue weighted by Crippen LogP contribution is -2.02. The largest absolute Gasteiger partial charge is 0.380 e. The Bertz CT molecular complexity index is 578. The Morgan fingerprint density at radius 2 is 1.86 bits per heavy atom. The zero-order valence-electron chi connectivity index (χ0n) is 11.7. The van der Waals surface area contributed by atoms with Gasteiger partial charge in [-0.3, -0.25) is 0 Å². The molecule has 0 aliphatic carbocycles. The summed E-state index contributed by atoms with van der Waals surface area (Å²) in [6, 6.07) is 15.1. The molecule has 2 aromatic carbocycles. The molecule has 2 aromatic rings. The second kappa shape index (κ2) is 8.00. The smallest absolute Gasteiger partial charge is 0.288 e. The highest BCUT2D eigenvalue weighted by molar-refractivity contribution is 7.99. The van der Waals surface area contributed by atoms with E-state index >= 15 is 0 Å². The first-order chi connectivity index (χ1) is 10.2. The SMILES string of the molecule is COCc1cccc(CNc2ccccc2SC(F)F)c1. The van der Waals surface area contributed by atoms with Crippen molar-refractivity contribution < 1.29 is 13.5 Å². The first kappa shape index (κ1) is 15.8. The monoisotopic (exact) mass is 309 g/mol. The van der Waals surface area contributed by atoms with Crippen molar-refractivity contribution in [1.82, 2.24) is 0 Å². The van der Waals surface area contributed by atoms with Crippen LogP contribution in [0.1, 0.15) is 11.1 Å². The molecule has 21 heavy (non-hydrogen) atoms. The van der Waals surface area contributed by atoms with E-state index in [9.17, 15) is 8.78 Å². The van der Waals surface area contributed by atoms with Crippen molar-refractivity contribution in [2.75, 3.05) is 12.4 Å². The first-order valence-electron chi connectivity index (χ1n) is 6.53. The quantitative estimate of drug-likeness (QED) is 0.745. The molecule has 0 aliphatic heterocycles. The molecule has 0 spiro atoms.